The smallest absolute Gasteiger partial charge is 0.274 e. The first-order valence-corrected chi connectivity index (χ1v) is 12.7. The van der Waals surface area contributed by atoms with Gasteiger partial charge in [-0.2, -0.15) is 0 Å². The highest BCUT2D eigenvalue weighted by atomic mass is 35.5. The third-order valence-corrected chi connectivity index (χ3v) is 8.01. The zero-order valence-electron chi connectivity index (χ0n) is 17.5. The number of anilines is 2. The number of amides is 1. The van der Waals surface area contributed by atoms with Crippen LogP contribution in [0.25, 0.3) is 0 Å². The number of para-hydroxylation sites is 1. The molecule has 0 saturated heterocycles. The maximum Gasteiger partial charge on any atom is 0.274 e. The highest BCUT2D eigenvalue weighted by Gasteiger charge is 2.28. The Morgan fingerprint density at radius 2 is 1.74 bits per heavy atom. The van der Waals surface area contributed by atoms with Gasteiger partial charge in [0.1, 0.15) is 22.3 Å². The van der Waals surface area contributed by atoms with Crippen LogP contribution in [0, 0.1) is 5.82 Å². The topological polar surface area (TPSA) is 75.7 Å². The molecule has 0 radical (unpaired) electrons. The molecule has 0 atom stereocenters. The third-order valence-electron chi connectivity index (χ3n) is 4.63. The average Bonchev–Trinajstić information content (AvgIpc) is 3.37. The molecule has 0 aliphatic rings. The van der Waals surface area contributed by atoms with E-state index < -0.39 is 28.3 Å². The fourth-order valence-corrected chi connectivity index (χ4v) is 5.76. The number of hydrogen-bond acceptors (Lipinski definition) is 5. The molecule has 4 rings (SSSR count). The lowest BCUT2D eigenvalue weighted by atomic mass is 10.2. The summed E-state index contributed by atoms with van der Waals surface area (Å²) in [5.41, 5.74) is 0.422. The molecule has 6 nitrogen and oxygen atoms in total. The summed E-state index contributed by atoms with van der Waals surface area (Å²) >= 11 is 7.13. The zero-order valence-corrected chi connectivity index (χ0v) is 19.9. The summed E-state index contributed by atoms with van der Waals surface area (Å²) in [6.07, 6.45) is 0. The van der Waals surface area contributed by atoms with Gasteiger partial charge in [0.25, 0.3) is 10.0 Å². The Kier molecular flexibility index (Phi) is 7.16. The Balaban J connectivity index is 1.62. The summed E-state index contributed by atoms with van der Waals surface area (Å²) in [5.74, 6) is -0.278. The van der Waals surface area contributed by atoms with Crippen LogP contribution >= 0.6 is 22.9 Å². The van der Waals surface area contributed by atoms with Crippen molar-refractivity contribution in [3.8, 4) is 11.5 Å². The van der Waals surface area contributed by atoms with E-state index in [0.717, 1.165) is 27.8 Å². The maximum atomic E-state index is 13.5. The predicted octanol–water partition coefficient (Wildman–Crippen LogP) is 6.17. The van der Waals surface area contributed by atoms with Gasteiger partial charge in [-0.25, -0.2) is 12.8 Å². The molecule has 10 heteroatoms. The molecule has 0 bridgehead atoms. The van der Waals surface area contributed by atoms with Crippen LogP contribution in [0.4, 0.5) is 15.8 Å². The normalized spacial score (nSPS) is 11.1. The van der Waals surface area contributed by atoms with E-state index in [2.05, 4.69) is 5.32 Å². The molecule has 1 heterocycles. The number of hydrogen-bond donors (Lipinski definition) is 1. The van der Waals surface area contributed by atoms with Crippen LogP contribution in [-0.2, 0) is 14.8 Å². The summed E-state index contributed by atoms with van der Waals surface area (Å²) in [6.45, 7) is -0.552. The summed E-state index contributed by atoms with van der Waals surface area (Å²) in [6, 6.07) is 21.6. The highest BCUT2D eigenvalue weighted by molar-refractivity contribution is 7.94. The van der Waals surface area contributed by atoms with Gasteiger partial charge in [-0.15, -0.1) is 11.3 Å². The van der Waals surface area contributed by atoms with Gasteiger partial charge in [-0.05, 0) is 66.0 Å². The molecular weight excluding hydrogens is 499 g/mol. The van der Waals surface area contributed by atoms with Crippen molar-refractivity contribution in [2.75, 3.05) is 16.2 Å². The van der Waals surface area contributed by atoms with Crippen molar-refractivity contribution in [2.24, 2.45) is 0 Å². The first-order chi connectivity index (χ1) is 16.3. The summed E-state index contributed by atoms with van der Waals surface area (Å²) in [4.78, 5) is 13.0. The molecule has 0 unspecified atom stereocenters. The summed E-state index contributed by atoms with van der Waals surface area (Å²) < 4.78 is 46.8. The third kappa shape index (κ3) is 5.56. The summed E-state index contributed by atoms with van der Waals surface area (Å²) in [5, 5.41) is 4.65. The van der Waals surface area contributed by atoms with E-state index >= 15 is 0 Å². The van der Waals surface area contributed by atoms with Gasteiger partial charge in [0.2, 0.25) is 5.91 Å². The molecule has 0 saturated carbocycles. The number of rotatable bonds is 8. The van der Waals surface area contributed by atoms with Crippen molar-refractivity contribution >= 4 is 50.2 Å². The SMILES string of the molecule is O=C(CN(c1ccc(F)cc1)S(=O)(=O)c1cccs1)Nc1cc(Cl)ccc1Oc1ccccc1. The standard InChI is InChI=1S/C24H18ClFN2O4S2/c25-17-8-13-22(32-20-5-2-1-3-6-20)21(15-17)27-23(29)16-28(19-11-9-18(26)10-12-19)34(30,31)24-7-4-14-33-24/h1-15H,16H2,(H,27,29). The van der Waals surface area contributed by atoms with Gasteiger partial charge in [-0.1, -0.05) is 35.9 Å². The number of thiophene rings is 1. The van der Waals surface area contributed by atoms with Gasteiger partial charge < -0.3 is 10.1 Å². The van der Waals surface area contributed by atoms with E-state index in [1.807, 2.05) is 6.07 Å². The summed E-state index contributed by atoms with van der Waals surface area (Å²) in [7, 11) is -4.07. The Labute approximate surface area is 205 Å². The minimum atomic E-state index is -4.07. The van der Waals surface area contributed by atoms with E-state index in [0.29, 0.717) is 16.5 Å². The first-order valence-electron chi connectivity index (χ1n) is 9.97. The Morgan fingerprint density at radius 3 is 2.41 bits per heavy atom. The van der Waals surface area contributed by atoms with Gasteiger partial charge >= 0.3 is 0 Å². The molecule has 1 N–H and O–H groups in total. The number of nitrogens with one attached hydrogen (secondary N) is 1. The molecule has 4 aromatic rings. The van der Waals surface area contributed by atoms with E-state index in [9.17, 15) is 17.6 Å². The van der Waals surface area contributed by atoms with E-state index in [1.165, 1.54) is 24.3 Å². The van der Waals surface area contributed by atoms with Gasteiger partial charge in [0.15, 0.2) is 5.75 Å². The van der Waals surface area contributed by atoms with Crippen LogP contribution < -0.4 is 14.4 Å². The fraction of sp³-hybridized carbons (Fsp3) is 0.0417. The predicted molar refractivity (Wildman–Crippen MR) is 132 cm³/mol. The van der Waals surface area contributed by atoms with Crippen molar-refractivity contribution in [2.45, 2.75) is 4.21 Å². The van der Waals surface area contributed by atoms with Crippen molar-refractivity contribution in [3.63, 3.8) is 0 Å². The Hall–Kier alpha value is -3.40. The molecule has 34 heavy (non-hydrogen) atoms. The lowest BCUT2D eigenvalue weighted by Crippen LogP contribution is -2.37. The second-order valence-corrected chi connectivity index (χ2v) is 10.5. The number of ether oxygens (including phenoxy) is 1. The largest absolute Gasteiger partial charge is 0.455 e. The molecular formula is C24H18ClFN2O4S2. The van der Waals surface area contributed by atoms with Gasteiger partial charge in [-0.3, -0.25) is 9.10 Å². The Bertz CT molecular complexity index is 1380. The monoisotopic (exact) mass is 516 g/mol. The Morgan fingerprint density at radius 1 is 1.00 bits per heavy atom. The molecule has 1 aromatic heterocycles. The van der Waals surface area contributed by atoms with Crippen molar-refractivity contribution < 1.29 is 22.3 Å². The van der Waals surface area contributed by atoms with Crippen LogP contribution in [0.2, 0.25) is 5.02 Å². The van der Waals surface area contributed by atoms with Gasteiger partial charge in [0, 0.05) is 5.02 Å². The molecule has 0 spiro atoms. The molecule has 0 aliphatic heterocycles. The first kappa shape index (κ1) is 23.7. The number of carbonyl (C=O) groups excluding carboxylic acids is 1. The minimum absolute atomic E-state index is 0.0560. The molecule has 1 amide bonds. The second-order valence-electron chi connectivity index (χ2n) is 7.02. The van der Waals surface area contributed by atoms with Crippen molar-refractivity contribution in [3.05, 3.63) is 101 Å². The number of carbonyl (C=O) groups is 1. The van der Waals surface area contributed by atoms with Crippen LogP contribution in [0.15, 0.2) is 94.5 Å². The number of sulfonamides is 1. The van der Waals surface area contributed by atoms with E-state index in [1.54, 1.807) is 47.8 Å². The van der Waals surface area contributed by atoms with E-state index in [4.69, 9.17) is 16.3 Å². The van der Waals surface area contributed by atoms with Crippen molar-refractivity contribution in [1.82, 2.24) is 0 Å². The van der Waals surface area contributed by atoms with Crippen molar-refractivity contribution in [1.29, 1.82) is 0 Å². The molecule has 3 aromatic carbocycles. The minimum Gasteiger partial charge on any atom is -0.455 e. The quantitative estimate of drug-likeness (QED) is 0.304. The van der Waals surface area contributed by atoms with Crippen LogP contribution in [0.1, 0.15) is 0 Å². The molecule has 174 valence electrons. The van der Waals surface area contributed by atoms with Crippen LogP contribution in [0.3, 0.4) is 0 Å². The molecule has 0 aliphatic carbocycles. The van der Waals surface area contributed by atoms with Crippen LogP contribution in [0.5, 0.6) is 11.5 Å². The van der Waals surface area contributed by atoms with Crippen LogP contribution in [-0.4, -0.2) is 20.9 Å². The fourth-order valence-electron chi connectivity index (χ4n) is 3.07. The number of halogens is 2. The number of benzene rings is 3. The lowest BCUT2D eigenvalue weighted by Gasteiger charge is -2.23. The lowest BCUT2D eigenvalue weighted by molar-refractivity contribution is -0.114. The average molecular weight is 517 g/mol. The number of nitrogens with zero attached hydrogens (tertiary/aromatic N) is 1. The maximum absolute atomic E-state index is 13.5. The zero-order chi connectivity index (χ0) is 24.1. The van der Waals surface area contributed by atoms with E-state index in [-0.39, 0.29) is 15.6 Å². The van der Waals surface area contributed by atoms with Gasteiger partial charge in [0.05, 0.1) is 11.4 Å². The highest BCUT2D eigenvalue weighted by Crippen LogP contribution is 2.32. The molecule has 0 fully saturated rings. The second kappa shape index (κ2) is 10.3.